The number of nitrogens with one attached hydrogen (secondary N) is 1. The van der Waals surface area contributed by atoms with Crippen molar-refractivity contribution in [1.82, 2.24) is 5.32 Å². The average Bonchev–Trinajstić information content (AvgIpc) is 3.44. The van der Waals surface area contributed by atoms with Gasteiger partial charge in [0.1, 0.15) is 6.61 Å². The van der Waals surface area contributed by atoms with Gasteiger partial charge in [-0.2, -0.15) is 0 Å². The molecular weight excluding hydrogens is 434 g/mol. The molecule has 1 amide bonds. The Morgan fingerprint density at radius 1 is 1.00 bits per heavy atom. The highest BCUT2D eigenvalue weighted by Crippen LogP contribution is 2.44. The van der Waals surface area contributed by atoms with Crippen molar-refractivity contribution in [1.29, 1.82) is 0 Å². The minimum absolute atomic E-state index is 0.0800. The lowest BCUT2D eigenvalue weighted by Gasteiger charge is -2.25. The molecule has 7 heteroatoms. The summed E-state index contributed by atoms with van der Waals surface area (Å²) in [6.07, 6.45) is -0.331. The van der Waals surface area contributed by atoms with Crippen molar-refractivity contribution in [3.05, 3.63) is 83.4 Å². The zero-order valence-electron chi connectivity index (χ0n) is 18.7. The molecule has 0 aromatic heterocycles. The minimum atomic E-state index is -0.996. The molecule has 2 aliphatic rings. The number of aliphatic carboxylic acids is 1. The Morgan fingerprint density at radius 2 is 1.65 bits per heavy atom. The normalized spacial score (nSPS) is 15.2. The smallest absolute Gasteiger partial charge is 0.407 e. The lowest BCUT2D eigenvalue weighted by Crippen LogP contribution is -2.37. The van der Waals surface area contributed by atoms with Crippen molar-refractivity contribution < 1.29 is 28.9 Å². The van der Waals surface area contributed by atoms with Crippen LogP contribution in [0.15, 0.2) is 66.7 Å². The summed E-state index contributed by atoms with van der Waals surface area (Å²) in [5.41, 5.74) is 5.12. The monoisotopic (exact) mass is 459 g/mol. The largest absolute Gasteiger partial charge is 0.481 e. The number of carbonyl (C=O) groups is 2. The quantitative estimate of drug-likeness (QED) is 0.510. The molecule has 0 spiro atoms. The number of rotatable bonds is 7. The second kappa shape index (κ2) is 9.09. The van der Waals surface area contributed by atoms with Crippen molar-refractivity contribution in [3.63, 3.8) is 0 Å². The molecule has 2 atom stereocenters. The first-order valence-electron chi connectivity index (χ1n) is 11.3. The zero-order valence-corrected chi connectivity index (χ0v) is 18.7. The Labute approximate surface area is 197 Å². The van der Waals surface area contributed by atoms with E-state index in [0.717, 1.165) is 22.3 Å². The molecule has 5 rings (SSSR count). The van der Waals surface area contributed by atoms with Crippen LogP contribution >= 0.6 is 0 Å². The van der Waals surface area contributed by atoms with Crippen molar-refractivity contribution in [2.45, 2.75) is 25.3 Å². The van der Waals surface area contributed by atoms with E-state index in [9.17, 15) is 14.7 Å². The lowest BCUT2D eigenvalue weighted by atomic mass is 9.90. The van der Waals surface area contributed by atoms with E-state index in [0.29, 0.717) is 23.5 Å². The summed E-state index contributed by atoms with van der Waals surface area (Å²) >= 11 is 0. The number of hydrogen-bond donors (Lipinski definition) is 2. The van der Waals surface area contributed by atoms with E-state index in [2.05, 4.69) is 17.4 Å². The Bertz CT molecular complexity index is 1190. The summed E-state index contributed by atoms with van der Waals surface area (Å²) in [6.45, 7) is 2.04. The molecule has 0 bridgehead atoms. The van der Waals surface area contributed by atoms with Gasteiger partial charge in [-0.1, -0.05) is 61.5 Å². The molecule has 174 valence electrons. The number of benzene rings is 3. The Hall–Kier alpha value is -4.00. The minimum Gasteiger partial charge on any atom is -0.481 e. The van der Waals surface area contributed by atoms with E-state index in [-0.39, 0.29) is 19.3 Å². The predicted molar refractivity (Wildman–Crippen MR) is 125 cm³/mol. The Kier molecular flexibility index (Phi) is 5.84. The highest BCUT2D eigenvalue weighted by Gasteiger charge is 2.33. The van der Waals surface area contributed by atoms with Crippen molar-refractivity contribution >= 4 is 12.1 Å². The second-order valence-electron chi connectivity index (χ2n) is 8.41. The van der Waals surface area contributed by atoms with Crippen molar-refractivity contribution in [2.75, 3.05) is 13.4 Å². The van der Waals surface area contributed by atoms with Crippen LogP contribution in [0.25, 0.3) is 11.1 Å². The number of alkyl carbamates (subject to hydrolysis) is 1. The third kappa shape index (κ3) is 3.94. The molecule has 1 heterocycles. The van der Waals surface area contributed by atoms with Gasteiger partial charge in [-0.3, -0.25) is 4.79 Å². The van der Waals surface area contributed by atoms with Gasteiger partial charge in [0.15, 0.2) is 11.5 Å². The lowest BCUT2D eigenvalue weighted by molar-refractivity contribution is -0.142. The fraction of sp³-hybridized carbons (Fsp3) is 0.259. The fourth-order valence-electron chi connectivity index (χ4n) is 4.84. The van der Waals surface area contributed by atoms with Gasteiger partial charge in [0.2, 0.25) is 6.79 Å². The van der Waals surface area contributed by atoms with Gasteiger partial charge in [0, 0.05) is 5.92 Å². The summed E-state index contributed by atoms with van der Waals surface area (Å²) in [6, 6.07) is 20.6. The summed E-state index contributed by atoms with van der Waals surface area (Å²) < 4.78 is 16.4. The Morgan fingerprint density at radius 3 is 2.29 bits per heavy atom. The molecule has 1 aliphatic heterocycles. The molecule has 7 nitrogen and oxygen atoms in total. The fourth-order valence-corrected chi connectivity index (χ4v) is 4.84. The SMILES string of the molecule is CCC(C(=O)O)C(NC(=O)OCC1c2ccccc2-c2ccccc21)c1ccc2c(c1)OCO2. The van der Waals surface area contributed by atoms with Crippen LogP contribution in [0.2, 0.25) is 0 Å². The van der Waals surface area contributed by atoms with Gasteiger partial charge in [0.25, 0.3) is 0 Å². The summed E-state index contributed by atoms with van der Waals surface area (Å²) in [5, 5.41) is 12.6. The van der Waals surface area contributed by atoms with E-state index < -0.39 is 24.0 Å². The number of ether oxygens (including phenoxy) is 3. The van der Waals surface area contributed by atoms with Gasteiger partial charge in [-0.15, -0.1) is 0 Å². The maximum atomic E-state index is 12.9. The van der Waals surface area contributed by atoms with Crippen molar-refractivity contribution in [3.8, 4) is 22.6 Å². The molecule has 0 saturated carbocycles. The van der Waals surface area contributed by atoms with E-state index in [1.807, 2.05) is 36.4 Å². The van der Waals surface area contributed by atoms with Gasteiger partial charge in [-0.25, -0.2) is 4.79 Å². The summed E-state index contributed by atoms with van der Waals surface area (Å²) in [5.74, 6) is -0.794. The highest BCUT2D eigenvalue weighted by molar-refractivity contribution is 5.79. The molecule has 0 fully saturated rings. The number of carboxylic acids is 1. The molecule has 3 aromatic carbocycles. The van der Waals surface area contributed by atoms with Gasteiger partial charge in [-0.05, 0) is 46.4 Å². The number of amides is 1. The van der Waals surface area contributed by atoms with Crippen LogP contribution < -0.4 is 14.8 Å². The highest BCUT2D eigenvalue weighted by atomic mass is 16.7. The average molecular weight is 459 g/mol. The van der Waals surface area contributed by atoms with Crippen LogP contribution in [0, 0.1) is 5.92 Å². The number of carboxylic acid groups (broad SMARTS) is 1. The van der Waals surface area contributed by atoms with Gasteiger partial charge < -0.3 is 24.6 Å². The van der Waals surface area contributed by atoms with Gasteiger partial charge in [0.05, 0.1) is 12.0 Å². The molecule has 0 saturated heterocycles. The number of fused-ring (bicyclic) bond motifs is 4. The Balaban J connectivity index is 1.35. The van der Waals surface area contributed by atoms with Crippen LogP contribution in [0.3, 0.4) is 0 Å². The van der Waals surface area contributed by atoms with E-state index >= 15 is 0 Å². The molecule has 2 unspecified atom stereocenters. The topological polar surface area (TPSA) is 94.1 Å². The maximum absolute atomic E-state index is 12.9. The van der Waals surface area contributed by atoms with Crippen LogP contribution in [0.1, 0.15) is 42.0 Å². The zero-order chi connectivity index (χ0) is 23.7. The first-order valence-corrected chi connectivity index (χ1v) is 11.3. The summed E-state index contributed by atoms with van der Waals surface area (Å²) in [4.78, 5) is 24.9. The predicted octanol–water partition coefficient (Wildman–Crippen LogP) is 5.11. The third-order valence-electron chi connectivity index (χ3n) is 6.53. The van der Waals surface area contributed by atoms with E-state index in [1.54, 1.807) is 25.1 Å². The van der Waals surface area contributed by atoms with E-state index in [1.165, 1.54) is 0 Å². The molecular formula is C27H25NO6. The molecule has 34 heavy (non-hydrogen) atoms. The third-order valence-corrected chi connectivity index (χ3v) is 6.53. The van der Waals surface area contributed by atoms with Crippen LogP contribution in [-0.4, -0.2) is 30.6 Å². The van der Waals surface area contributed by atoms with Crippen molar-refractivity contribution in [2.24, 2.45) is 5.92 Å². The van der Waals surface area contributed by atoms with Crippen LogP contribution in [0.4, 0.5) is 4.79 Å². The summed E-state index contributed by atoms with van der Waals surface area (Å²) in [7, 11) is 0. The second-order valence-corrected chi connectivity index (χ2v) is 8.41. The molecule has 3 aromatic rings. The molecule has 0 radical (unpaired) electrons. The molecule has 1 aliphatic carbocycles. The first-order chi connectivity index (χ1) is 16.6. The van der Waals surface area contributed by atoms with E-state index in [4.69, 9.17) is 14.2 Å². The maximum Gasteiger partial charge on any atom is 0.407 e. The first kappa shape index (κ1) is 21.8. The number of hydrogen-bond acceptors (Lipinski definition) is 5. The number of carbonyl (C=O) groups excluding carboxylic acids is 1. The van der Waals surface area contributed by atoms with Crippen LogP contribution in [0.5, 0.6) is 11.5 Å². The standard InChI is InChI=1S/C27H25NO6/c1-2-17(26(29)30)25(16-11-12-23-24(13-16)34-15-33-23)28-27(31)32-14-22-20-9-5-3-7-18(20)19-8-4-6-10-21(19)22/h3-13,17,22,25H,2,14-15H2,1H3,(H,28,31)(H,29,30). The van der Waals surface area contributed by atoms with Crippen LogP contribution in [-0.2, 0) is 9.53 Å². The molecule has 2 N–H and O–H groups in total. The van der Waals surface area contributed by atoms with Gasteiger partial charge >= 0.3 is 12.1 Å².